The third-order valence-corrected chi connectivity index (χ3v) is 4.14. The quantitative estimate of drug-likeness (QED) is 0.594. The fourth-order valence-corrected chi connectivity index (χ4v) is 2.93. The predicted molar refractivity (Wildman–Crippen MR) is 82.3 cm³/mol. The molecular weight excluding hydrogens is 230 g/mol. The lowest BCUT2D eigenvalue weighted by Crippen LogP contribution is -1.96. The monoisotopic (exact) mass is 257 g/mol. The van der Waals surface area contributed by atoms with E-state index in [-0.39, 0.29) is 0 Å². The van der Waals surface area contributed by atoms with Gasteiger partial charge in [-0.2, -0.15) is 0 Å². The molecule has 1 heteroatoms. The van der Waals surface area contributed by atoms with Crippen molar-refractivity contribution in [3.8, 4) is 0 Å². The zero-order valence-corrected chi connectivity index (χ0v) is 12.1. The number of hydrogen-bond acceptors (Lipinski definition) is 1. The van der Waals surface area contributed by atoms with Crippen LogP contribution >= 0.6 is 0 Å². The summed E-state index contributed by atoms with van der Waals surface area (Å²) in [5.41, 5.74) is 1.43. The maximum absolute atomic E-state index is 4.13. The Morgan fingerprint density at radius 2 is 1.42 bits per heavy atom. The van der Waals surface area contributed by atoms with Crippen molar-refractivity contribution in [3.05, 3.63) is 42.2 Å². The summed E-state index contributed by atoms with van der Waals surface area (Å²) in [5.74, 6) is 0.601. The summed E-state index contributed by atoms with van der Waals surface area (Å²) < 4.78 is 0. The molecule has 1 aliphatic carbocycles. The van der Waals surface area contributed by atoms with Gasteiger partial charge in [0.2, 0.25) is 0 Å². The second-order valence-corrected chi connectivity index (χ2v) is 5.72. The molecule has 0 N–H and O–H groups in total. The van der Waals surface area contributed by atoms with Gasteiger partial charge in [-0.05, 0) is 37.0 Å². The van der Waals surface area contributed by atoms with Crippen LogP contribution in [0.15, 0.2) is 36.7 Å². The molecule has 1 nitrogen and oxygen atoms in total. The van der Waals surface area contributed by atoms with Crippen LogP contribution in [-0.4, -0.2) is 4.98 Å². The van der Waals surface area contributed by atoms with Crippen molar-refractivity contribution >= 4 is 0 Å². The highest BCUT2D eigenvalue weighted by atomic mass is 14.6. The van der Waals surface area contributed by atoms with Gasteiger partial charge in [0.25, 0.3) is 0 Å². The van der Waals surface area contributed by atoms with E-state index in [0.29, 0.717) is 5.92 Å². The summed E-state index contributed by atoms with van der Waals surface area (Å²) in [6, 6.07) is 4.35. The number of hydrogen-bond donors (Lipinski definition) is 0. The Bertz CT molecular complexity index is 355. The first-order valence-electron chi connectivity index (χ1n) is 8.03. The molecule has 0 aliphatic heterocycles. The number of nitrogens with zero attached hydrogens (tertiary/aromatic N) is 1. The third kappa shape index (κ3) is 5.59. The fraction of sp³-hybridized carbons (Fsp3) is 0.611. The van der Waals surface area contributed by atoms with Crippen LogP contribution in [-0.2, 0) is 0 Å². The molecule has 1 aromatic rings. The molecule has 1 unspecified atom stereocenters. The van der Waals surface area contributed by atoms with Crippen molar-refractivity contribution in [2.45, 2.75) is 70.1 Å². The van der Waals surface area contributed by atoms with E-state index in [1.165, 1.54) is 69.8 Å². The maximum Gasteiger partial charge on any atom is 0.0270 e. The van der Waals surface area contributed by atoms with Gasteiger partial charge in [0, 0.05) is 18.3 Å². The summed E-state index contributed by atoms with van der Waals surface area (Å²) >= 11 is 0. The average Bonchev–Trinajstić information content (AvgIpc) is 2.49. The van der Waals surface area contributed by atoms with Crippen molar-refractivity contribution < 1.29 is 0 Å². The normalized spacial score (nSPS) is 24.7. The third-order valence-electron chi connectivity index (χ3n) is 4.14. The molecule has 1 atom stereocenters. The molecule has 0 amide bonds. The van der Waals surface area contributed by atoms with Crippen LogP contribution in [0.2, 0.25) is 0 Å². The largest absolute Gasteiger partial charge is 0.265 e. The first-order valence-corrected chi connectivity index (χ1v) is 8.03. The molecule has 1 aliphatic rings. The zero-order valence-electron chi connectivity index (χ0n) is 12.1. The van der Waals surface area contributed by atoms with Gasteiger partial charge in [0.05, 0.1) is 0 Å². The molecule has 0 saturated carbocycles. The van der Waals surface area contributed by atoms with Gasteiger partial charge >= 0.3 is 0 Å². The van der Waals surface area contributed by atoms with Crippen molar-refractivity contribution in [2.24, 2.45) is 0 Å². The smallest absolute Gasteiger partial charge is 0.0270 e. The van der Waals surface area contributed by atoms with E-state index in [1.54, 1.807) is 0 Å². The molecule has 1 heterocycles. The fourth-order valence-electron chi connectivity index (χ4n) is 2.93. The number of allylic oxidation sites excluding steroid dienone is 2. The zero-order chi connectivity index (χ0) is 13.2. The van der Waals surface area contributed by atoms with Gasteiger partial charge in [-0.1, -0.05) is 57.1 Å². The van der Waals surface area contributed by atoms with Gasteiger partial charge in [-0.3, -0.25) is 4.98 Å². The number of pyridine rings is 1. The lowest BCUT2D eigenvalue weighted by atomic mass is 9.93. The van der Waals surface area contributed by atoms with Crippen LogP contribution in [0.1, 0.15) is 75.7 Å². The Labute approximate surface area is 118 Å². The summed E-state index contributed by atoms with van der Waals surface area (Å²) in [5, 5.41) is 0. The standard InChI is InChI=1S/C18H27N/c1-2-4-6-8-10-12-17(11-9-7-5-3-1)18-13-15-19-16-14-18/h9,11,13-17H,1-8,10,12H2/b11-9-. The van der Waals surface area contributed by atoms with Crippen molar-refractivity contribution in [3.63, 3.8) is 0 Å². The van der Waals surface area contributed by atoms with E-state index in [0.717, 1.165) is 0 Å². The molecule has 0 fully saturated rings. The second kappa shape index (κ2) is 8.90. The first-order chi connectivity index (χ1) is 9.47. The lowest BCUT2D eigenvalue weighted by Gasteiger charge is -2.13. The molecule has 0 aromatic carbocycles. The van der Waals surface area contributed by atoms with Crippen LogP contribution in [0.4, 0.5) is 0 Å². The van der Waals surface area contributed by atoms with Crippen LogP contribution in [0.3, 0.4) is 0 Å². The molecule has 0 radical (unpaired) electrons. The van der Waals surface area contributed by atoms with E-state index >= 15 is 0 Å². The minimum Gasteiger partial charge on any atom is -0.265 e. The maximum atomic E-state index is 4.13. The van der Waals surface area contributed by atoms with Crippen LogP contribution in [0.25, 0.3) is 0 Å². The lowest BCUT2D eigenvalue weighted by molar-refractivity contribution is 0.555. The number of rotatable bonds is 1. The van der Waals surface area contributed by atoms with Crippen LogP contribution in [0.5, 0.6) is 0 Å². The highest BCUT2D eigenvalue weighted by Gasteiger charge is 2.07. The van der Waals surface area contributed by atoms with E-state index < -0.39 is 0 Å². The van der Waals surface area contributed by atoms with Crippen LogP contribution < -0.4 is 0 Å². The molecule has 104 valence electrons. The Morgan fingerprint density at radius 3 is 2.16 bits per heavy atom. The average molecular weight is 257 g/mol. The highest BCUT2D eigenvalue weighted by Crippen LogP contribution is 2.25. The summed E-state index contributed by atoms with van der Waals surface area (Å²) in [6.45, 7) is 0. The predicted octanol–water partition coefficient (Wildman–Crippen LogP) is 5.64. The Hall–Kier alpha value is -1.11. The van der Waals surface area contributed by atoms with E-state index in [2.05, 4.69) is 29.3 Å². The Morgan fingerprint density at radius 1 is 0.789 bits per heavy atom. The van der Waals surface area contributed by atoms with Gasteiger partial charge in [0.1, 0.15) is 0 Å². The van der Waals surface area contributed by atoms with Gasteiger partial charge in [-0.15, -0.1) is 0 Å². The summed E-state index contributed by atoms with van der Waals surface area (Å²) in [4.78, 5) is 4.13. The van der Waals surface area contributed by atoms with Gasteiger partial charge in [-0.25, -0.2) is 0 Å². The van der Waals surface area contributed by atoms with E-state index in [9.17, 15) is 0 Å². The molecule has 0 spiro atoms. The molecule has 0 bridgehead atoms. The number of aromatic nitrogens is 1. The molecule has 2 rings (SSSR count). The van der Waals surface area contributed by atoms with Crippen molar-refractivity contribution in [1.29, 1.82) is 0 Å². The van der Waals surface area contributed by atoms with E-state index in [1.807, 2.05) is 12.4 Å². The van der Waals surface area contributed by atoms with Gasteiger partial charge in [0.15, 0.2) is 0 Å². The molecular formula is C18H27N. The SMILES string of the molecule is C1=C\C(c2ccncc2)CCCCCCCCCC/1. The minimum atomic E-state index is 0.601. The first kappa shape index (κ1) is 14.3. The van der Waals surface area contributed by atoms with Crippen LogP contribution in [0, 0.1) is 0 Å². The van der Waals surface area contributed by atoms with Crippen molar-refractivity contribution in [1.82, 2.24) is 4.98 Å². The molecule has 0 saturated heterocycles. The van der Waals surface area contributed by atoms with Crippen molar-refractivity contribution in [2.75, 3.05) is 0 Å². The molecule has 1 aromatic heterocycles. The highest BCUT2D eigenvalue weighted by molar-refractivity contribution is 5.21. The topological polar surface area (TPSA) is 12.9 Å². The minimum absolute atomic E-state index is 0.601. The Balaban J connectivity index is 1.95. The second-order valence-electron chi connectivity index (χ2n) is 5.72. The molecule has 19 heavy (non-hydrogen) atoms. The summed E-state index contributed by atoms with van der Waals surface area (Å²) in [6.07, 6.45) is 22.5. The summed E-state index contributed by atoms with van der Waals surface area (Å²) in [7, 11) is 0. The Kier molecular flexibility index (Phi) is 6.70. The van der Waals surface area contributed by atoms with E-state index in [4.69, 9.17) is 0 Å². The van der Waals surface area contributed by atoms with Gasteiger partial charge < -0.3 is 0 Å².